The van der Waals surface area contributed by atoms with E-state index >= 15 is 0 Å². The van der Waals surface area contributed by atoms with Gasteiger partial charge in [0.2, 0.25) is 11.8 Å². The Balaban J connectivity index is 1.58. The molecule has 0 saturated carbocycles. The summed E-state index contributed by atoms with van der Waals surface area (Å²) in [5.74, 6) is -0.0882. The van der Waals surface area contributed by atoms with Gasteiger partial charge < -0.3 is 9.64 Å². The molecule has 0 unspecified atom stereocenters. The van der Waals surface area contributed by atoms with Crippen LogP contribution in [0, 0.1) is 5.92 Å². The van der Waals surface area contributed by atoms with E-state index in [1.165, 1.54) is 6.21 Å². The molecule has 0 radical (unpaired) electrons. The minimum Gasteiger partial charge on any atom is -0.497 e. The van der Waals surface area contributed by atoms with Gasteiger partial charge in [-0.3, -0.25) is 9.59 Å². The summed E-state index contributed by atoms with van der Waals surface area (Å²) in [4.78, 5) is 26.1. The van der Waals surface area contributed by atoms with E-state index in [-0.39, 0.29) is 18.2 Å². The number of hydrogen-bond donors (Lipinski definition) is 1. The maximum absolute atomic E-state index is 12.3. The van der Waals surface area contributed by atoms with Crippen LogP contribution < -0.4 is 15.1 Å². The number of amides is 2. The normalized spacial score (nSPS) is 16.9. The molecule has 1 saturated heterocycles. The molecule has 2 aromatic rings. The van der Waals surface area contributed by atoms with E-state index in [9.17, 15) is 9.59 Å². The fraction of sp³-hybridized carbons (Fsp3) is 0.211. The highest BCUT2D eigenvalue weighted by atomic mass is 35.5. The second-order valence-corrected chi connectivity index (χ2v) is 6.33. The molecule has 1 heterocycles. The molecular weight excluding hydrogens is 354 g/mol. The van der Waals surface area contributed by atoms with Crippen molar-refractivity contribution in [1.29, 1.82) is 0 Å². The van der Waals surface area contributed by atoms with Crippen molar-refractivity contribution >= 4 is 35.3 Å². The summed E-state index contributed by atoms with van der Waals surface area (Å²) >= 11 is 5.82. The molecule has 134 valence electrons. The van der Waals surface area contributed by atoms with Crippen molar-refractivity contribution in [3.8, 4) is 5.75 Å². The van der Waals surface area contributed by atoms with Gasteiger partial charge in [-0.05, 0) is 42.0 Å². The maximum Gasteiger partial charge on any atom is 0.245 e. The molecule has 0 bridgehead atoms. The van der Waals surface area contributed by atoms with Crippen molar-refractivity contribution in [2.24, 2.45) is 11.0 Å². The van der Waals surface area contributed by atoms with Crippen LogP contribution in [-0.4, -0.2) is 31.7 Å². The molecule has 0 aliphatic carbocycles. The van der Waals surface area contributed by atoms with Crippen LogP contribution in [0.4, 0.5) is 5.69 Å². The van der Waals surface area contributed by atoms with E-state index < -0.39 is 5.92 Å². The molecule has 2 aromatic carbocycles. The molecule has 0 aromatic heterocycles. The molecule has 1 aliphatic rings. The van der Waals surface area contributed by atoms with Crippen molar-refractivity contribution in [3.05, 3.63) is 59.1 Å². The standard InChI is InChI=1S/C19H18ClN3O3/c1-26-17-8-6-16(7-9-17)23-12-14(10-18(23)24)19(25)22-21-11-13-2-4-15(20)5-3-13/h2-9,11,14H,10,12H2,1H3,(H,22,25)/t14-/m1/s1. The van der Waals surface area contributed by atoms with E-state index in [4.69, 9.17) is 16.3 Å². The first kappa shape index (κ1) is 17.9. The molecular formula is C19H18ClN3O3. The lowest BCUT2D eigenvalue weighted by Gasteiger charge is -2.16. The van der Waals surface area contributed by atoms with Gasteiger partial charge in [0.05, 0.1) is 19.2 Å². The lowest BCUT2D eigenvalue weighted by molar-refractivity contribution is -0.126. The van der Waals surface area contributed by atoms with Gasteiger partial charge >= 0.3 is 0 Å². The summed E-state index contributed by atoms with van der Waals surface area (Å²) in [5, 5.41) is 4.58. The van der Waals surface area contributed by atoms with Gasteiger partial charge in [-0.15, -0.1) is 0 Å². The number of carbonyl (C=O) groups is 2. The fourth-order valence-corrected chi connectivity index (χ4v) is 2.83. The minimum absolute atomic E-state index is 0.0861. The van der Waals surface area contributed by atoms with Crippen LogP contribution in [0.3, 0.4) is 0 Å². The third kappa shape index (κ3) is 4.21. The van der Waals surface area contributed by atoms with Gasteiger partial charge in [0.25, 0.3) is 0 Å². The minimum atomic E-state index is -0.438. The van der Waals surface area contributed by atoms with Gasteiger partial charge in [-0.1, -0.05) is 23.7 Å². The largest absolute Gasteiger partial charge is 0.497 e. The summed E-state index contributed by atoms with van der Waals surface area (Å²) in [6.07, 6.45) is 1.70. The third-order valence-electron chi connectivity index (χ3n) is 4.14. The Morgan fingerprint density at radius 2 is 1.92 bits per heavy atom. The zero-order valence-corrected chi connectivity index (χ0v) is 14.9. The van der Waals surface area contributed by atoms with E-state index in [1.807, 2.05) is 0 Å². The summed E-state index contributed by atoms with van der Waals surface area (Å²) in [6, 6.07) is 14.2. The summed E-state index contributed by atoms with van der Waals surface area (Å²) in [6.45, 7) is 0.327. The predicted molar refractivity (Wildman–Crippen MR) is 101 cm³/mol. The number of hydrogen-bond acceptors (Lipinski definition) is 4. The number of ether oxygens (including phenoxy) is 1. The zero-order valence-electron chi connectivity index (χ0n) is 14.2. The lowest BCUT2D eigenvalue weighted by Crippen LogP contribution is -2.30. The number of benzene rings is 2. The van der Waals surface area contributed by atoms with Crippen LogP contribution in [0.1, 0.15) is 12.0 Å². The highest BCUT2D eigenvalue weighted by molar-refractivity contribution is 6.30. The SMILES string of the molecule is COc1ccc(N2C[C@H](C(=O)NN=Cc3ccc(Cl)cc3)CC2=O)cc1. The molecule has 1 aliphatic heterocycles. The predicted octanol–water partition coefficient (Wildman–Crippen LogP) is 2.85. The number of carbonyl (C=O) groups excluding carboxylic acids is 2. The number of anilines is 1. The van der Waals surface area contributed by atoms with Crippen molar-refractivity contribution in [2.75, 3.05) is 18.6 Å². The van der Waals surface area contributed by atoms with Gasteiger partial charge in [0.1, 0.15) is 5.75 Å². The Morgan fingerprint density at radius 1 is 1.23 bits per heavy atom. The Labute approximate surface area is 156 Å². The Hall–Kier alpha value is -2.86. The molecule has 1 fully saturated rings. The summed E-state index contributed by atoms with van der Waals surface area (Å²) in [5.41, 5.74) is 4.06. The highest BCUT2D eigenvalue weighted by Gasteiger charge is 2.35. The molecule has 1 N–H and O–H groups in total. The van der Waals surface area contributed by atoms with Crippen LogP contribution in [0.25, 0.3) is 0 Å². The quantitative estimate of drug-likeness (QED) is 0.649. The highest BCUT2D eigenvalue weighted by Crippen LogP contribution is 2.26. The molecule has 1 atom stereocenters. The zero-order chi connectivity index (χ0) is 18.5. The molecule has 0 spiro atoms. The second-order valence-electron chi connectivity index (χ2n) is 5.89. The average molecular weight is 372 g/mol. The monoisotopic (exact) mass is 371 g/mol. The van der Waals surface area contributed by atoms with Gasteiger partial charge in [-0.2, -0.15) is 5.10 Å². The van der Waals surface area contributed by atoms with Crippen LogP contribution in [0.15, 0.2) is 53.6 Å². The summed E-state index contributed by atoms with van der Waals surface area (Å²) in [7, 11) is 1.58. The molecule has 26 heavy (non-hydrogen) atoms. The van der Waals surface area contributed by atoms with Crippen molar-refractivity contribution in [3.63, 3.8) is 0 Å². The number of rotatable bonds is 5. The Kier molecular flexibility index (Phi) is 5.53. The topological polar surface area (TPSA) is 71.0 Å². The number of halogens is 1. The van der Waals surface area contributed by atoms with Crippen LogP contribution in [0.2, 0.25) is 5.02 Å². The van der Waals surface area contributed by atoms with E-state index in [0.717, 1.165) is 11.3 Å². The van der Waals surface area contributed by atoms with Gasteiger partial charge in [0.15, 0.2) is 0 Å². The summed E-state index contributed by atoms with van der Waals surface area (Å²) < 4.78 is 5.11. The van der Waals surface area contributed by atoms with Crippen molar-refractivity contribution in [2.45, 2.75) is 6.42 Å². The Bertz CT molecular complexity index is 819. The van der Waals surface area contributed by atoms with E-state index in [1.54, 1.807) is 60.5 Å². The van der Waals surface area contributed by atoms with Crippen molar-refractivity contribution in [1.82, 2.24) is 5.43 Å². The van der Waals surface area contributed by atoms with Gasteiger partial charge in [-0.25, -0.2) is 5.43 Å². The first-order valence-corrected chi connectivity index (χ1v) is 8.47. The fourth-order valence-electron chi connectivity index (χ4n) is 2.71. The smallest absolute Gasteiger partial charge is 0.245 e. The number of hydrazone groups is 1. The first-order valence-electron chi connectivity index (χ1n) is 8.09. The number of nitrogens with one attached hydrogen (secondary N) is 1. The molecule has 7 heteroatoms. The van der Waals surface area contributed by atoms with E-state index in [2.05, 4.69) is 10.5 Å². The third-order valence-corrected chi connectivity index (χ3v) is 4.39. The molecule has 3 rings (SSSR count). The average Bonchev–Trinajstić information content (AvgIpc) is 3.05. The number of nitrogens with zero attached hydrogens (tertiary/aromatic N) is 2. The van der Waals surface area contributed by atoms with Crippen molar-refractivity contribution < 1.29 is 14.3 Å². The number of methoxy groups -OCH3 is 1. The molecule has 2 amide bonds. The van der Waals surface area contributed by atoms with Crippen LogP contribution in [0.5, 0.6) is 5.75 Å². The van der Waals surface area contributed by atoms with E-state index in [0.29, 0.717) is 17.3 Å². The van der Waals surface area contributed by atoms with Gasteiger partial charge in [0, 0.05) is 23.7 Å². The van der Waals surface area contributed by atoms with Crippen LogP contribution in [-0.2, 0) is 9.59 Å². The van der Waals surface area contributed by atoms with Crippen LogP contribution >= 0.6 is 11.6 Å². The maximum atomic E-state index is 12.3. The second kappa shape index (κ2) is 8.01. The first-order chi connectivity index (χ1) is 12.6. The molecule has 6 nitrogen and oxygen atoms in total. The lowest BCUT2D eigenvalue weighted by atomic mass is 10.1. The Morgan fingerprint density at radius 3 is 2.58 bits per heavy atom.